The second-order valence-electron chi connectivity index (χ2n) is 6.38. The SMILES string of the molecule is CCCCn1n[n+](Cc2ccc(C(C)CC)cc2)c2nccnc21. The highest BCUT2D eigenvalue weighted by molar-refractivity contribution is 5.59. The van der Waals surface area contributed by atoms with Crippen LogP contribution in [0, 0.1) is 0 Å². The van der Waals surface area contributed by atoms with Gasteiger partial charge in [0.2, 0.25) is 0 Å². The van der Waals surface area contributed by atoms with Gasteiger partial charge in [0.1, 0.15) is 12.7 Å². The van der Waals surface area contributed by atoms with Crippen LogP contribution in [-0.2, 0) is 13.1 Å². The van der Waals surface area contributed by atoms with Gasteiger partial charge in [0.25, 0.3) is 5.65 Å². The lowest BCUT2D eigenvalue weighted by atomic mass is 9.98. The number of hydrogen-bond acceptors (Lipinski definition) is 3. The molecule has 0 N–H and O–H groups in total. The summed E-state index contributed by atoms with van der Waals surface area (Å²) >= 11 is 0. The summed E-state index contributed by atoms with van der Waals surface area (Å²) in [7, 11) is 0. The summed E-state index contributed by atoms with van der Waals surface area (Å²) in [6, 6.07) is 8.85. The van der Waals surface area contributed by atoms with E-state index in [0.29, 0.717) is 5.92 Å². The van der Waals surface area contributed by atoms with Gasteiger partial charge in [-0.05, 0) is 29.9 Å². The number of rotatable bonds is 7. The van der Waals surface area contributed by atoms with Crippen LogP contribution in [0.5, 0.6) is 0 Å². The molecule has 0 spiro atoms. The summed E-state index contributed by atoms with van der Waals surface area (Å²) < 4.78 is 3.93. The molecule has 3 rings (SSSR count). The Bertz CT molecular complexity index is 791. The molecule has 1 unspecified atom stereocenters. The zero-order valence-electron chi connectivity index (χ0n) is 14.8. The zero-order valence-corrected chi connectivity index (χ0v) is 14.8. The molecule has 0 radical (unpaired) electrons. The van der Waals surface area contributed by atoms with Gasteiger partial charge in [0.05, 0.1) is 12.7 Å². The second-order valence-corrected chi connectivity index (χ2v) is 6.38. The third-order valence-corrected chi connectivity index (χ3v) is 4.58. The van der Waals surface area contributed by atoms with Crippen LogP contribution >= 0.6 is 0 Å². The third-order valence-electron chi connectivity index (χ3n) is 4.58. The van der Waals surface area contributed by atoms with Gasteiger partial charge >= 0.3 is 5.65 Å². The summed E-state index contributed by atoms with van der Waals surface area (Å²) in [6.07, 6.45) is 6.86. The molecule has 0 amide bonds. The Hall–Kier alpha value is -2.30. The number of hydrogen-bond donors (Lipinski definition) is 0. The number of aryl methyl sites for hydroxylation is 1. The summed E-state index contributed by atoms with van der Waals surface area (Å²) in [5, 5.41) is 4.70. The first-order chi connectivity index (χ1) is 11.7. The van der Waals surface area contributed by atoms with Crippen molar-refractivity contribution in [3.05, 3.63) is 47.8 Å². The highest BCUT2D eigenvalue weighted by Crippen LogP contribution is 2.18. The lowest BCUT2D eigenvalue weighted by Gasteiger charge is -2.09. The van der Waals surface area contributed by atoms with E-state index in [2.05, 4.69) is 55.0 Å². The first kappa shape index (κ1) is 16.6. The van der Waals surface area contributed by atoms with Crippen LogP contribution in [0.1, 0.15) is 57.1 Å². The first-order valence-corrected chi connectivity index (χ1v) is 8.89. The Morgan fingerprint density at radius 3 is 2.54 bits per heavy atom. The predicted molar refractivity (Wildman–Crippen MR) is 94.7 cm³/mol. The highest BCUT2D eigenvalue weighted by atomic mass is 15.5. The molecule has 126 valence electrons. The maximum Gasteiger partial charge on any atom is 0.343 e. The van der Waals surface area contributed by atoms with Crippen LogP contribution in [0.15, 0.2) is 36.7 Å². The molecule has 3 aromatic rings. The Kier molecular flexibility index (Phi) is 5.18. The summed E-state index contributed by atoms with van der Waals surface area (Å²) in [5.74, 6) is 0.603. The first-order valence-electron chi connectivity index (χ1n) is 8.89. The van der Waals surface area contributed by atoms with Crippen molar-refractivity contribution in [2.75, 3.05) is 0 Å². The monoisotopic (exact) mass is 324 g/mol. The van der Waals surface area contributed by atoms with E-state index in [1.807, 2.05) is 9.36 Å². The molecule has 0 bridgehead atoms. The Labute approximate surface area is 143 Å². The van der Waals surface area contributed by atoms with Crippen molar-refractivity contribution in [3.8, 4) is 0 Å². The lowest BCUT2D eigenvalue weighted by Crippen LogP contribution is -2.38. The summed E-state index contributed by atoms with van der Waals surface area (Å²) in [6.45, 7) is 8.27. The van der Waals surface area contributed by atoms with Crippen molar-refractivity contribution in [3.63, 3.8) is 0 Å². The van der Waals surface area contributed by atoms with Crippen molar-refractivity contribution in [1.29, 1.82) is 0 Å². The summed E-state index contributed by atoms with van der Waals surface area (Å²) in [5.41, 5.74) is 4.34. The van der Waals surface area contributed by atoms with Crippen LogP contribution in [-0.4, -0.2) is 19.9 Å². The predicted octanol–water partition coefficient (Wildman–Crippen LogP) is 3.48. The maximum atomic E-state index is 4.70. The maximum absolute atomic E-state index is 4.70. The standard InChI is InChI=1S/C19H26N5/c1-4-6-13-23-18-19(21-12-11-20-18)24(22-23)14-16-7-9-17(10-8-16)15(3)5-2/h7-12,15H,4-6,13-14H2,1-3H3/q+1. The molecule has 0 aliphatic rings. The Morgan fingerprint density at radius 2 is 1.83 bits per heavy atom. The second kappa shape index (κ2) is 7.51. The average molecular weight is 324 g/mol. The van der Waals surface area contributed by atoms with Crippen LogP contribution in [0.25, 0.3) is 11.3 Å². The van der Waals surface area contributed by atoms with Crippen molar-refractivity contribution in [2.24, 2.45) is 0 Å². The quantitative estimate of drug-likeness (QED) is 0.625. The van der Waals surface area contributed by atoms with E-state index in [4.69, 9.17) is 5.21 Å². The molecule has 5 nitrogen and oxygen atoms in total. The van der Waals surface area contributed by atoms with Crippen molar-refractivity contribution >= 4 is 11.3 Å². The largest absolute Gasteiger partial charge is 0.343 e. The minimum Gasteiger partial charge on any atom is -0.214 e. The molecular weight excluding hydrogens is 298 g/mol. The van der Waals surface area contributed by atoms with Gasteiger partial charge < -0.3 is 0 Å². The van der Waals surface area contributed by atoms with Gasteiger partial charge in [-0.25, -0.2) is 4.98 Å². The van der Waals surface area contributed by atoms with Crippen molar-refractivity contribution < 1.29 is 4.68 Å². The van der Waals surface area contributed by atoms with Crippen LogP contribution in [0.2, 0.25) is 0 Å². The smallest absolute Gasteiger partial charge is 0.214 e. The molecule has 1 aromatic carbocycles. The number of unbranched alkanes of at least 4 members (excludes halogenated alkanes) is 1. The van der Waals surface area contributed by atoms with E-state index in [0.717, 1.165) is 43.6 Å². The van der Waals surface area contributed by atoms with Crippen LogP contribution in [0.4, 0.5) is 0 Å². The van der Waals surface area contributed by atoms with Crippen molar-refractivity contribution in [1.82, 2.24) is 19.9 Å². The molecule has 1 atom stereocenters. The number of benzene rings is 1. The minimum atomic E-state index is 0.603. The zero-order chi connectivity index (χ0) is 16.9. The average Bonchev–Trinajstić information content (AvgIpc) is 2.98. The van der Waals surface area contributed by atoms with E-state index < -0.39 is 0 Å². The number of aromatic nitrogens is 5. The van der Waals surface area contributed by atoms with Gasteiger partial charge in [0.15, 0.2) is 0 Å². The molecular formula is C19H26N5+. The van der Waals surface area contributed by atoms with Gasteiger partial charge in [0, 0.05) is 5.21 Å². The highest BCUT2D eigenvalue weighted by Gasteiger charge is 2.19. The molecule has 0 aliphatic carbocycles. The van der Waals surface area contributed by atoms with E-state index in [1.54, 1.807) is 12.4 Å². The van der Waals surface area contributed by atoms with Crippen LogP contribution in [0.3, 0.4) is 0 Å². The molecule has 0 saturated heterocycles. The van der Waals surface area contributed by atoms with E-state index in [-0.39, 0.29) is 0 Å². The van der Waals surface area contributed by atoms with Gasteiger partial charge in [-0.1, -0.05) is 51.5 Å². The van der Waals surface area contributed by atoms with E-state index >= 15 is 0 Å². The molecule has 0 saturated carbocycles. The molecule has 24 heavy (non-hydrogen) atoms. The molecule has 0 aliphatic heterocycles. The van der Waals surface area contributed by atoms with Gasteiger partial charge in [-0.3, -0.25) is 0 Å². The normalized spacial score (nSPS) is 12.6. The van der Waals surface area contributed by atoms with Gasteiger partial charge in [-0.2, -0.15) is 0 Å². The number of nitrogens with zero attached hydrogens (tertiary/aromatic N) is 5. The van der Waals surface area contributed by atoms with Gasteiger partial charge in [-0.15, -0.1) is 14.3 Å². The fraction of sp³-hybridized carbons (Fsp3) is 0.474. The molecule has 2 heterocycles. The van der Waals surface area contributed by atoms with E-state index in [1.165, 1.54) is 11.1 Å². The lowest BCUT2D eigenvalue weighted by molar-refractivity contribution is -0.726. The fourth-order valence-corrected chi connectivity index (χ4v) is 2.83. The summed E-state index contributed by atoms with van der Waals surface area (Å²) in [4.78, 5) is 8.94. The molecule has 5 heteroatoms. The Morgan fingerprint density at radius 1 is 1.08 bits per heavy atom. The van der Waals surface area contributed by atoms with Crippen molar-refractivity contribution in [2.45, 2.75) is 59.0 Å². The topological polar surface area (TPSA) is 47.5 Å². The Balaban J connectivity index is 1.87. The molecule has 2 aromatic heterocycles. The minimum absolute atomic E-state index is 0.603. The third kappa shape index (κ3) is 3.45. The fourth-order valence-electron chi connectivity index (χ4n) is 2.83. The molecule has 0 fully saturated rings. The van der Waals surface area contributed by atoms with Crippen LogP contribution < -0.4 is 4.68 Å². The number of fused-ring (bicyclic) bond motifs is 1. The van der Waals surface area contributed by atoms with E-state index in [9.17, 15) is 0 Å².